The molecule has 8 heteroatoms. The average Bonchev–Trinajstić information content (AvgIpc) is 2.72. The monoisotopic (exact) mass is 325 g/mol. The van der Waals surface area contributed by atoms with Crippen LogP contribution in [0.5, 0.6) is 0 Å². The zero-order valence-electron chi connectivity index (χ0n) is 12.1. The molecule has 1 aliphatic rings. The number of carbonyl (C=O) groups excluding carboxylic acids is 2. The van der Waals surface area contributed by atoms with E-state index in [1.54, 1.807) is 9.80 Å². The van der Waals surface area contributed by atoms with E-state index in [1.807, 2.05) is 0 Å². The molecule has 0 bridgehead atoms. The van der Waals surface area contributed by atoms with Crippen molar-refractivity contribution < 1.29 is 14.5 Å². The Kier molecular flexibility index (Phi) is 4.97. The Balaban J connectivity index is 2.19. The number of rotatable bonds is 2. The highest BCUT2D eigenvalue weighted by atomic mass is 35.5. The van der Waals surface area contributed by atoms with Crippen LogP contribution in [-0.4, -0.2) is 52.7 Å². The Morgan fingerprint density at radius 3 is 2.45 bits per heavy atom. The number of nitrogens with zero attached hydrogens (tertiary/aromatic N) is 3. The lowest BCUT2D eigenvalue weighted by atomic mass is 10.1. The van der Waals surface area contributed by atoms with E-state index in [4.69, 9.17) is 11.6 Å². The summed E-state index contributed by atoms with van der Waals surface area (Å²) in [6.07, 6.45) is 0.665. The van der Waals surface area contributed by atoms with Crippen molar-refractivity contribution in [3.05, 3.63) is 38.9 Å². The van der Waals surface area contributed by atoms with Gasteiger partial charge < -0.3 is 9.80 Å². The number of nitro groups is 1. The fourth-order valence-corrected chi connectivity index (χ4v) is 2.59. The molecule has 0 radical (unpaired) electrons. The van der Waals surface area contributed by atoms with Crippen LogP contribution in [0.25, 0.3) is 0 Å². The molecule has 2 rings (SSSR count). The first kappa shape index (κ1) is 16.2. The van der Waals surface area contributed by atoms with E-state index in [-0.39, 0.29) is 28.1 Å². The van der Waals surface area contributed by atoms with Gasteiger partial charge in [-0.15, -0.1) is 0 Å². The maximum atomic E-state index is 12.5. The van der Waals surface area contributed by atoms with Crippen molar-refractivity contribution in [2.24, 2.45) is 0 Å². The second-order valence-corrected chi connectivity index (χ2v) is 5.48. The van der Waals surface area contributed by atoms with Gasteiger partial charge in [-0.25, -0.2) is 0 Å². The van der Waals surface area contributed by atoms with Crippen molar-refractivity contribution in [3.8, 4) is 0 Å². The fourth-order valence-electron chi connectivity index (χ4n) is 2.40. The lowest BCUT2D eigenvalue weighted by molar-refractivity contribution is -0.384. The van der Waals surface area contributed by atoms with Gasteiger partial charge in [0, 0.05) is 45.2 Å². The van der Waals surface area contributed by atoms with Gasteiger partial charge in [-0.05, 0) is 12.5 Å². The molecular formula is C14H16ClN3O4. The second kappa shape index (κ2) is 6.74. The van der Waals surface area contributed by atoms with Crippen LogP contribution >= 0.6 is 11.6 Å². The van der Waals surface area contributed by atoms with Crippen LogP contribution < -0.4 is 0 Å². The first-order valence-electron chi connectivity index (χ1n) is 6.89. The zero-order chi connectivity index (χ0) is 16.3. The molecule has 0 atom stereocenters. The summed E-state index contributed by atoms with van der Waals surface area (Å²) in [5, 5.41) is 11.0. The van der Waals surface area contributed by atoms with E-state index in [9.17, 15) is 19.7 Å². The van der Waals surface area contributed by atoms with Gasteiger partial charge >= 0.3 is 0 Å². The summed E-state index contributed by atoms with van der Waals surface area (Å²) in [6.45, 7) is 3.42. The van der Waals surface area contributed by atoms with Crippen molar-refractivity contribution in [2.75, 3.05) is 26.2 Å². The molecular weight excluding hydrogens is 310 g/mol. The highest BCUT2D eigenvalue weighted by molar-refractivity contribution is 6.33. The van der Waals surface area contributed by atoms with E-state index in [1.165, 1.54) is 25.1 Å². The van der Waals surface area contributed by atoms with E-state index < -0.39 is 4.92 Å². The third kappa shape index (κ3) is 3.54. The molecule has 1 saturated heterocycles. The van der Waals surface area contributed by atoms with Crippen LogP contribution in [0.1, 0.15) is 23.7 Å². The molecule has 1 aromatic rings. The molecule has 1 heterocycles. The van der Waals surface area contributed by atoms with E-state index in [2.05, 4.69) is 0 Å². The molecule has 22 heavy (non-hydrogen) atoms. The SMILES string of the molecule is CC(=O)N1CCCN(C(=O)c2cc([N+](=O)[O-])ccc2Cl)CC1. The van der Waals surface area contributed by atoms with E-state index >= 15 is 0 Å². The molecule has 1 fully saturated rings. The Labute approximate surface area is 132 Å². The third-order valence-electron chi connectivity index (χ3n) is 3.62. The zero-order valence-corrected chi connectivity index (χ0v) is 12.9. The van der Waals surface area contributed by atoms with Gasteiger partial charge in [0.2, 0.25) is 5.91 Å². The lowest BCUT2D eigenvalue weighted by Gasteiger charge is -2.21. The van der Waals surface area contributed by atoms with E-state index in [0.717, 1.165) is 0 Å². The van der Waals surface area contributed by atoms with E-state index in [0.29, 0.717) is 32.6 Å². The molecule has 2 amide bonds. The van der Waals surface area contributed by atoms with Crippen LogP contribution in [0, 0.1) is 10.1 Å². The summed E-state index contributed by atoms with van der Waals surface area (Å²) in [6, 6.07) is 3.81. The molecule has 1 aromatic carbocycles. The lowest BCUT2D eigenvalue weighted by Crippen LogP contribution is -2.36. The third-order valence-corrected chi connectivity index (χ3v) is 3.95. The summed E-state index contributed by atoms with van der Waals surface area (Å²) in [5.41, 5.74) is -0.0555. The quantitative estimate of drug-likeness (QED) is 0.614. The fraction of sp³-hybridized carbons (Fsp3) is 0.429. The minimum atomic E-state index is -0.562. The maximum Gasteiger partial charge on any atom is 0.270 e. The molecule has 118 valence electrons. The summed E-state index contributed by atoms with van der Waals surface area (Å²) in [5.74, 6) is -0.373. The van der Waals surface area contributed by atoms with Crippen molar-refractivity contribution in [2.45, 2.75) is 13.3 Å². The highest BCUT2D eigenvalue weighted by Gasteiger charge is 2.24. The van der Waals surface area contributed by atoms with Gasteiger partial charge in [-0.3, -0.25) is 19.7 Å². The number of amides is 2. The number of hydrogen-bond donors (Lipinski definition) is 0. The van der Waals surface area contributed by atoms with Gasteiger partial charge in [0.15, 0.2) is 0 Å². The molecule has 0 spiro atoms. The Hall–Kier alpha value is -2.15. The molecule has 7 nitrogen and oxygen atoms in total. The molecule has 0 saturated carbocycles. The minimum absolute atomic E-state index is 0.0253. The summed E-state index contributed by atoms with van der Waals surface area (Å²) >= 11 is 6.00. The highest BCUT2D eigenvalue weighted by Crippen LogP contribution is 2.24. The van der Waals surface area contributed by atoms with Gasteiger partial charge in [0.1, 0.15) is 0 Å². The predicted molar refractivity (Wildman–Crippen MR) is 80.9 cm³/mol. The first-order valence-corrected chi connectivity index (χ1v) is 7.26. The van der Waals surface area contributed by atoms with Gasteiger partial charge in [-0.1, -0.05) is 11.6 Å². The van der Waals surface area contributed by atoms with Crippen LogP contribution in [-0.2, 0) is 4.79 Å². The summed E-state index contributed by atoms with van der Waals surface area (Å²) in [4.78, 5) is 37.5. The minimum Gasteiger partial charge on any atom is -0.341 e. The average molecular weight is 326 g/mol. The topological polar surface area (TPSA) is 83.8 Å². The number of halogens is 1. The molecule has 0 unspecified atom stereocenters. The van der Waals surface area contributed by atoms with Crippen molar-refractivity contribution in [1.29, 1.82) is 0 Å². The number of non-ortho nitro benzene ring substituents is 1. The molecule has 1 aliphatic heterocycles. The molecule has 0 N–H and O–H groups in total. The summed E-state index contributed by atoms with van der Waals surface area (Å²) < 4.78 is 0. The van der Waals surface area contributed by atoms with Gasteiger partial charge in [0.25, 0.3) is 11.6 Å². The van der Waals surface area contributed by atoms with Crippen molar-refractivity contribution >= 4 is 29.1 Å². The molecule has 0 aliphatic carbocycles. The number of hydrogen-bond acceptors (Lipinski definition) is 4. The number of benzene rings is 1. The second-order valence-electron chi connectivity index (χ2n) is 5.07. The standard InChI is InChI=1S/C14H16ClN3O4/c1-10(19)16-5-2-6-17(8-7-16)14(20)12-9-11(18(21)22)3-4-13(12)15/h3-4,9H,2,5-8H2,1H3. The van der Waals surface area contributed by atoms with Crippen LogP contribution in [0.4, 0.5) is 5.69 Å². The maximum absolute atomic E-state index is 12.5. The largest absolute Gasteiger partial charge is 0.341 e. The smallest absolute Gasteiger partial charge is 0.270 e. The van der Waals surface area contributed by atoms with Crippen LogP contribution in [0.2, 0.25) is 5.02 Å². The summed E-state index contributed by atoms with van der Waals surface area (Å²) in [7, 11) is 0. The Morgan fingerprint density at radius 2 is 1.82 bits per heavy atom. The Morgan fingerprint density at radius 1 is 1.18 bits per heavy atom. The first-order chi connectivity index (χ1) is 10.4. The van der Waals surface area contributed by atoms with Gasteiger partial charge in [0.05, 0.1) is 15.5 Å². The number of nitro benzene ring substituents is 1. The molecule has 0 aromatic heterocycles. The van der Waals surface area contributed by atoms with Crippen molar-refractivity contribution in [3.63, 3.8) is 0 Å². The predicted octanol–water partition coefficient (Wildman–Crippen LogP) is 1.94. The van der Waals surface area contributed by atoms with Gasteiger partial charge in [-0.2, -0.15) is 0 Å². The normalized spacial score (nSPS) is 15.4. The van der Waals surface area contributed by atoms with Crippen LogP contribution in [0.3, 0.4) is 0 Å². The number of carbonyl (C=O) groups is 2. The Bertz CT molecular complexity index is 620. The van der Waals surface area contributed by atoms with Crippen LogP contribution in [0.15, 0.2) is 18.2 Å². The van der Waals surface area contributed by atoms with Crippen molar-refractivity contribution in [1.82, 2.24) is 9.80 Å².